The summed E-state index contributed by atoms with van der Waals surface area (Å²) in [6.07, 6.45) is 1.42. The first-order valence-corrected chi connectivity index (χ1v) is 6.70. The molecular formula is C15H18N2O3. The number of carbonyl (C=O) groups is 2. The van der Waals surface area contributed by atoms with Crippen LogP contribution >= 0.6 is 0 Å². The molecule has 3 N–H and O–H groups in total. The molecule has 5 nitrogen and oxygen atoms in total. The van der Waals surface area contributed by atoms with Crippen LogP contribution in [0, 0.1) is 0 Å². The van der Waals surface area contributed by atoms with E-state index in [-0.39, 0.29) is 18.7 Å². The van der Waals surface area contributed by atoms with Crippen molar-refractivity contribution in [2.75, 3.05) is 6.54 Å². The van der Waals surface area contributed by atoms with Crippen molar-refractivity contribution in [3.05, 3.63) is 36.0 Å². The Bertz CT molecular complexity index is 571. The summed E-state index contributed by atoms with van der Waals surface area (Å²) in [6.45, 7) is 0.554. The Morgan fingerprint density at radius 2 is 2.00 bits per heavy atom. The Hall–Kier alpha value is -2.30. The van der Waals surface area contributed by atoms with E-state index in [1.165, 1.54) is 0 Å². The maximum absolute atomic E-state index is 11.5. The molecule has 0 bridgehead atoms. The summed E-state index contributed by atoms with van der Waals surface area (Å²) in [5.74, 6) is -0.960. The molecule has 2 rings (SSSR count). The van der Waals surface area contributed by atoms with E-state index in [1.807, 2.05) is 24.3 Å². The molecule has 106 valence electrons. The van der Waals surface area contributed by atoms with Crippen molar-refractivity contribution in [1.82, 2.24) is 10.3 Å². The summed E-state index contributed by atoms with van der Waals surface area (Å²) in [5, 5.41) is 12.4. The van der Waals surface area contributed by atoms with Gasteiger partial charge in [0.05, 0.1) is 0 Å². The zero-order valence-electron chi connectivity index (χ0n) is 11.2. The second-order valence-corrected chi connectivity index (χ2v) is 4.73. The lowest BCUT2D eigenvalue weighted by molar-refractivity contribution is -0.137. The molecule has 0 aliphatic heterocycles. The lowest BCUT2D eigenvalue weighted by Gasteiger charge is -2.03. The third kappa shape index (κ3) is 4.12. The Kier molecular flexibility index (Phi) is 4.76. The van der Waals surface area contributed by atoms with Gasteiger partial charge in [-0.05, 0) is 23.9 Å². The van der Waals surface area contributed by atoms with Crippen molar-refractivity contribution in [3.63, 3.8) is 0 Å². The predicted molar refractivity (Wildman–Crippen MR) is 76.5 cm³/mol. The molecule has 0 saturated heterocycles. The zero-order valence-corrected chi connectivity index (χ0v) is 11.2. The number of aromatic nitrogens is 1. The van der Waals surface area contributed by atoms with Gasteiger partial charge in [-0.2, -0.15) is 0 Å². The molecule has 1 aromatic carbocycles. The molecule has 0 aliphatic rings. The van der Waals surface area contributed by atoms with Crippen molar-refractivity contribution in [2.24, 2.45) is 0 Å². The molecule has 5 heteroatoms. The van der Waals surface area contributed by atoms with E-state index in [1.54, 1.807) is 0 Å². The van der Waals surface area contributed by atoms with Gasteiger partial charge in [-0.15, -0.1) is 0 Å². The van der Waals surface area contributed by atoms with Crippen molar-refractivity contribution < 1.29 is 14.7 Å². The van der Waals surface area contributed by atoms with Crippen LogP contribution < -0.4 is 5.32 Å². The van der Waals surface area contributed by atoms with Crippen LogP contribution in [0.3, 0.4) is 0 Å². The Morgan fingerprint density at radius 1 is 1.20 bits per heavy atom. The van der Waals surface area contributed by atoms with Gasteiger partial charge in [0, 0.05) is 37.0 Å². The fourth-order valence-corrected chi connectivity index (χ4v) is 2.09. The number of carboxylic acids is 1. The van der Waals surface area contributed by atoms with Crippen LogP contribution in [0.25, 0.3) is 10.9 Å². The van der Waals surface area contributed by atoms with Crippen LogP contribution in [0.2, 0.25) is 0 Å². The summed E-state index contributed by atoms with van der Waals surface area (Å²) in [7, 11) is 0. The molecule has 0 aliphatic carbocycles. The minimum Gasteiger partial charge on any atom is -0.481 e. The van der Waals surface area contributed by atoms with Crippen molar-refractivity contribution >= 4 is 22.8 Å². The number of hydrogen-bond acceptors (Lipinski definition) is 2. The summed E-state index contributed by atoms with van der Waals surface area (Å²) in [4.78, 5) is 25.1. The van der Waals surface area contributed by atoms with Gasteiger partial charge in [0.25, 0.3) is 0 Å². The van der Waals surface area contributed by atoms with Crippen LogP contribution in [0.4, 0.5) is 0 Å². The number of benzene rings is 1. The third-order valence-corrected chi connectivity index (χ3v) is 3.10. The topological polar surface area (TPSA) is 82.2 Å². The number of aliphatic carboxylic acids is 1. The molecule has 0 radical (unpaired) electrons. The van der Waals surface area contributed by atoms with Crippen LogP contribution in [-0.2, 0) is 16.0 Å². The summed E-state index contributed by atoms with van der Waals surface area (Å²) < 4.78 is 0. The maximum atomic E-state index is 11.5. The molecule has 20 heavy (non-hydrogen) atoms. The first-order valence-electron chi connectivity index (χ1n) is 6.70. The van der Waals surface area contributed by atoms with Crippen LogP contribution in [0.15, 0.2) is 30.3 Å². The molecule has 1 amide bonds. The quantitative estimate of drug-likeness (QED) is 0.723. The lowest BCUT2D eigenvalue weighted by atomic mass is 10.2. The predicted octanol–water partition coefficient (Wildman–Crippen LogP) is 2.08. The second-order valence-electron chi connectivity index (χ2n) is 4.73. The average Bonchev–Trinajstić information content (AvgIpc) is 2.80. The SMILES string of the molecule is O=C(O)CCCC(=O)NCCc1cc2ccccc2[nH]1. The van der Waals surface area contributed by atoms with Crippen LogP contribution in [0.5, 0.6) is 0 Å². The minimum atomic E-state index is -0.865. The molecule has 0 saturated carbocycles. The van der Waals surface area contributed by atoms with Crippen LogP contribution in [-0.4, -0.2) is 28.5 Å². The van der Waals surface area contributed by atoms with E-state index in [4.69, 9.17) is 5.11 Å². The highest BCUT2D eigenvalue weighted by atomic mass is 16.4. The van der Waals surface area contributed by atoms with Gasteiger partial charge in [0.1, 0.15) is 0 Å². The number of H-pyrrole nitrogens is 1. The molecule has 0 atom stereocenters. The summed E-state index contributed by atoms with van der Waals surface area (Å²) in [5.41, 5.74) is 2.17. The number of aromatic amines is 1. The smallest absolute Gasteiger partial charge is 0.303 e. The number of para-hydroxylation sites is 1. The van der Waals surface area contributed by atoms with Gasteiger partial charge in [0.15, 0.2) is 0 Å². The lowest BCUT2D eigenvalue weighted by Crippen LogP contribution is -2.25. The molecule has 1 heterocycles. The van der Waals surface area contributed by atoms with Crippen LogP contribution in [0.1, 0.15) is 25.0 Å². The van der Waals surface area contributed by atoms with Crippen molar-refractivity contribution in [2.45, 2.75) is 25.7 Å². The molecule has 0 fully saturated rings. The maximum Gasteiger partial charge on any atom is 0.303 e. The fourth-order valence-electron chi connectivity index (χ4n) is 2.09. The van der Waals surface area contributed by atoms with Gasteiger partial charge in [-0.3, -0.25) is 9.59 Å². The summed E-state index contributed by atoms with van der Waals surface area (Å²) >= 11 is 0. The highest BCUT2D eigenvalue weighted by Crippen LogP contribution is 2.14. The van der Waals surface area contributed by atoms with Crippen molar-refractivity contribution in [1.29, 1.82) is 0 Å². The van der Waals surface area contributed by atoms with Gasteiger partial charge in [-0.1, -0.05) is 18.2 Å². The third-order valence-electron chi connectivity index (χ3n) is 3.10. The molecule has 2 aromatic rings. The fraction of sp³-hybridized carbons (Fsp3) is 0.333. The number of hydrogen-bond donors (Lipinski definition) is 3. The number of nitrogens with one attached hydrogen (secondary N) is 2. The number of amides is 1. The molecule has 0 spiro atoms. The molecule has 0 unspecified atom stereocenters. The standard InChI is InChI=1S/C15H18N2O3/c18-14(6-3-7-15(19)20)16-9-8-12-10-11-4-1-2-5-13(11)17-12/h1-2,4-5,10,17H,3,6-9H2,(H,16,18)(H,19,20). The molecule has 1 aromatic heterocycles. The molecular weight excluding hydrogens is 256 g/mol. The van der Waals surface area contributed by atoms with E-state index in [0.29, 0.717) is 13.0 Å². The number of carbonyl (C=O) groups excluding carboxylic acids is 1. The number of carboxylic acid groups (broad SMARTS) is 1. The van der Waals surface area contributed by atoms with Gasteiger partial charge in [0.2, 0.25) is 5.91 Å². The number of fused-ring (bicyclic) bond motifs is 1. The highest BCUT2D eigenvalue weighted by Gasteiger charge is 2.04. The monoisotopic (exact) mass is 274 g/mol. The summed E-state index contributed by atoms with van der Waals surface area (Å²) in [6, 6.07) is 10.1. The largest absolute Gasteiger partial charge is 0.481 e. The van der Waals surface area contributed by atoms with Gasteiger partial charge >= 0.3 is 5.97 Å². The first kappa shape index (κ1) is 14.1. The normalized spacial score (nSPS) is 10.6. The van der Waals surface area contributed by atoms with Gasteiger partial charge in [-0.25, -0.2) is 0 Å². The van der Waals surface area contributed by atoms with E-state index >= 15 is 0 Å². The first-order chi connectivity index (χ1) is 9.65. The Labute approximate surface area is 117 Å². The zero-order chi connectivity index (χ0) is 14.4. The second kappa shape index (κ2) is 6.75. The van der Waals surface area contributed by atoms with E-state index < -0.39 is 5.97 Å². The van der Waals surface area contributed by atoms with E-state index in [9.17, 15) is 9.59 Å². The highest BCUT2D eigenvalue weighted by molar-refractivity contribution is 5.80. The number of rotatable bonds is 7. The van der Waals surface area contributed by atoms with Gasteiger partial charge < -0.3 is 15.4 Å². The Morgan fingerprint density at radius 3 is 2.75 bits per heavy atom. The van der Waals surface area contributed by atoms with E-state index in [2.05, 4.69) is 16.4 Å². The average molecular weight is 274 g/mol. The van der Waals surface area contributed by atoms with E-state index in [0.717, 1.165) is 23.0 Å². The minimum absolute atomic E-state index is 0.0371. The Balaban J connectivity index is 1.72. The van der Waals surface area contributed by atoms with Crippen molar-refractivity contribution in [3.8, 4) is 0 Å².